The van der Waals surface area contributed by atoms with E-state index in [0.29, 0.717) is 19.1 Å². The van der Waals surface area contributed by atoms with Gasteiger partial charge >= 0.3 is 0 Å². The van der Waals surface area contributed by atoms with Crippen LogP contribution in [-0.2, 0) is 14.8 Å². The predicted octanol–water partition coefficient (Wildman–Crippen LogP) is 0.674. The van der Waals surface area contributed by atoms with E-state index in [4.69, 9.17) is 4.74 Å². The standard InChI is InChI=1S/C13H26N2O3S/c1-15(8-9-18-10-12-2-3-12)19(16,17)11-13-4-6-14-7-5-13/h12-14H,2-11H2,1H3. The molecule has 1 saturated heterocycles. The molecule has 19 heavy (non-hydrogen) atoms. The molecular weight excluding hydrogens is 264 g/mol. The van der Waals surface area contributed by atoms with Crippen LogP contribution in [0.4, 0.5) is 0 Å². The maximum absolute atomic E-state index is 12.2. The molecule has 2 aliphatic rings. The highest BCUT2D eigenvalue weighted by atomic mass is 32.2. The molecule has 5 nitrogen and oxygen atoms in total. The van der Waals surface area contributed by atoms with Crippen LogP contribution in [0.5, 0.6) is 0 Å². The van der Waals surface area contributed by atoms with E-state index in [1.807, 2.05) is 0 Å². The molecule has 0 aromatic carbocycles. The van der Waals surface area contributed by atoms with E-state index >= 15 is 0 Å². The molecule has 6 heteroatoms. The monoisotopic (exact) mass is 290 g/mol. The van der Waals surface area contributed by atoms with Gasteiger partial charge in [0.05, 0.1) is 12.4 Å². The number of nitrogens with one attached hydrogen (secondary N) is 1. The number of ether oxygens (including phenoxy) is 1. The first kappa shape index (κ1) is 15.2. The Morgan fingerprint density at radius 1 is 1.16 bits per heavy atom. The van der Waals surface area contributed by atoms with Crippen molar-refractivity contribution < 1.29 is 13.2 Å². The van der Waals surface area contributed by atoms with Crippen LogP contribution in [0.15, 0.2) is 0 Å². The Morgan fingerprint density at radius 3 is 2.47 bits per heavy atom. The Morgan fingerprint density at radius 2 is 1.84 bits per heavy atom. The smallest absolute Gasteiger partial charge is 0.214 e. The average molecular weight is 290 g/mol. The molecule has 0 amide bonds. The van der Waals surface area contributed by atoms with Crippen molar-refractivity contribution in [3.05, 3.63) is 0 Å². The number of hydrogen-bond acceptors (Lipinski definition) is 4. The van der Waals surface area contributed by atoms with Crippen LogP contribution < -0.4 is 5.32 Å². The SMILES string of the molecule is CN(CCOCC1CC1)S(=O)(=O)CC1CCNCC1. The molecule has 1 aliphatic heterocycles. The molecule has 112 valence electrons. The second kappa shape index (κ2) is 7.02. The second-order valence-corrected chi connectivity index (χ2v) is 7.93. The summed E-state index contributed by atoms with van der Waals surface area (Å²) in [5.74, 6) is 1.33. The van der Waals surface area contributed by atoms with Gasteiger partial charge in [0, 0.05) is 20.2 Å². The molecule has 1 N–H and O–H groups in total. The first-order chi connectivity index (χ1) is 9.08. The highest BCUT2D eigenvalue weighted by molar-refractivity contribution is 7.89. The summed E-state index contributed by atoms with van der Waals surface area (Å²) in [6.07, 6.45) is 4.46. The summed E-state index contributed by atoms with van der Waals surface area (Å²) in [7, 11) is -1.46. The van der Waals surface area contributed by atoms with E-state index in [0.717, 1.165) is 38.5 Å². The Labute approximate surface area is 116 Å². The first-order valence-corrected chi connectivity index (χ1v) is 8.91. The summed E-state index contributed by atoms with van der Waals surface area (Å²) in [6, 6.07) is 0. The summed E-state index contributed by atoms with van der Waals surface area (Å²) in [4.78, 5) is 0. The third kappa shape index (κ3) is 5.38. The molecule has 0 radical (unpaired) electrons. The third-order valence-corrected chi connectivity index (χ3v) is 6.01. The molecular formula is C13H26N2O3S. The Bertz CT molecular complexity index is 362. The minimum atomic E-state index is -3.12. The minimum Gasteiger partial charge on any atom is -0.380 e. The zero-order chi connectivity index (χ0) is 13.7. The van der Waals surface area contributed by atoms with Crippen LogP contribution in [0, 0.1) is 11.8 Å². The van der Waals surface area contributed by atoms with Crippen molar-refractivity contribution in [3.8, 4) is 0 Å². The number of likely N-dealkylation sites (N-methyl/N-ethyl adjacent to an activating group) is 1. The van der Waals surface area contributed by atoms with Crippen molar-refractivity contribution >= 4 is 10.0 Å². The van der Waals surface area contributed by atoms with Crippen molar-refractivity contribution in [1.82, 2.24) is 9.62 Å². The van der Waals surface area contributed by atoms with Gasteiger partial charge in [0.2, 0.25) is 10.0 Å². The van der Waals surface area contributed by atoms with E-state index in [2.05, 4.69) is 5.32 Å². The van der Waals surface area contributed by atoms with Gasteiger partial charge in [-0.3, -0.25) is 0 Å². The van der Waals surface area contributed by atoms with Crippen molar-refractivity contribution in [2.24, 2.45) is 11.8 Å². The van der Waals surface area contributed by atoms with Crippen LogP contribution in [0.2, 0.25) is 0 Å². The molecule has 1 saturated carbocycles. The normalized spacial score (nSPS) is 22.0. The average Bonchev–Trinajstić information content (AvgIpc) is 3.19. The zero-order valence-electron chi connectivity index (χ0n) is 11.8. The molecule has 2 fully saturated rings. The summed E-state index contributed by atoms with van der Waals surface area (Å²) < 4.78 is 31.3. The van der Waals surface area contributed by atoms with Crippen molar-refractivity contribution in [2.75, 3.05) is 45.6 Å². The second-order valence-electron chi connectivity index (χ2n) is 5.81. The van der Waals surface area contributed by atoms with Gasteiger partial charge in [0.25, 0.3) is 0 Å². The van der Waals surface area contributed by atoms with Crippen molar-refractivity contribution in [2.45, 2.75) is 25.7 Å². The molecule has 2 rings (SSSR count). The summed E-state index contributed by atoms with van der Waals surface area (Å²) in [6.45, 7) is 3.66. The van der Waals surface area contributed by atoms with E-state index in [9.17, 15) is 8.42 Å². The fraction of sp³-hybridized carbons (Fsp3) is 1.00. The molecule has 0 aromatic heterocycles. The molecule has 0 atom stereocenters. The lowest BCUT2D eigenvalue weighted by molar-refractivity contribution is 0.117. The lowest BCUT2D eigenvalue weighted by Crippen LogP contribution is -2.37. The van der Waals surface area contributed by atoms with Crippen molar-refractivity contribution in [1.29, 1.82) is 0 Å². The number of sulfonamides is 1. The predicted molar refractivity (Wildman–Crippen MR) is 75.6 cm³/mol. The highest BCUT2D eigenvalue weighted by Gasteiger charge is 2.25. The topological polar surface area (TPSA) is 58.6 Å². The molecule has 0 bridgehead atoms. The first-order valence-electron chi connectivity index (χ1n) is 7.30. The number of nitrogens with zero attached hydrogens (tertiary/aromatic N) is 1. The van der Waals surface area contributed by atoms with Crippen LogP contribution in [-0.4, -0.2) is 58.4 Å². The summed E-state index contributed by atoms with van der Waals surface area (Å²) in [5.41, 5.74) is 0. The van der Waals surface area contributed by atoms with Crippen molar-refractivity contribution in [3.63, 3.8) is 0 Å². The van der Waals surface area contributed by atoms with E-state index < -0.39 is 10.0 Å². The maximum atomic E-state index is 12.2. The van der Waals surface area contributed by atoms with E-state index in [1.54, 1.807) is 7.05 Å². The largest absolute Gasteiger partial charge is 0.380 e. The van der Waals surface area contributed by atoms with Gasteiger partial charge < -0.3 is 10.1 Å². The Balaban J connectivity index is 1.67. The van der Waals surface area contributed by atoms with Gasteiger partial charge in [-0.2, -0.15) is 0 Å². The number of piperidine rings is 1. The van der Waals surface area contributed by atoms with Crippen LogP contribution in [0.1, 0.15) is 25.7 Å². The lowest BCUT2D eigenvalue weighted by atomic mass is 10.0. The molecule has 0 unspecified atom stereocenters. The van der Waals surface area contributed by atoms with E-state index in [1.165, 1.54) is 17.1 Å². The number of rotatable bonds is 8. The highest BCUT2D eigenvalue weighted by Crippen LogP contribution is 2.28. The van der Waals surface area contributed by atoms with Gasteiger partial charge in [-0.1, -0.05) is 0 Å². The maximum Gasteiger partial charge on any atom is 0.214 e. The number of hydrogen-bond donors (Lipinski definition) is 1. The van der Waals surface area contributed by atoms with Gasteiger partial charge in [0.15, 0.2) is 0 Å². The fourth-order valence-electron chi connectivity index (χ4n) is 2.34. The third-order valence-electron chi connectivity index (χ3n) is 3.98. The molecule has 1 heterocycles. The molecule has 0 aromatic rings. The molecule has 1 aliphatic carbocycles. The minimum absolute atomic E-state index is 0.286. The lowest BCUT2D eigenvalue weighted by Gasteiger charge is -2.25. The zero-order valence-corrected chi connectivity index (χ0v) is 12.6. The van der Waals surface area contributed by atoms with Gasteiger partial charge in [-0.15, -0.1) is 0 Å². The molecule has 0 spiro atoms. The summed E-state index contributed by atoms with van der Waals surface area (Å²) in [5, 5.41) is 3.26. The van der Waals surface area contributed by atoms with Crippen LogP contribution >= 0.6 is 0 Å². The Hall–Kier alpha value is -0.170. The van der Waals surface area contributed by atoms with Gasteiger partial charge in [-0.05, 0) is 50.6 Å². The van der Waals surface area contributed by atoms with Gasteiger partial charge in [-0.25, -0.2) is 12.7 Å². The van der Waals surface area contributed by atoms with Crippen LogP contribution in [0.3, 0.4) is 0 Å². The van der Waals surface area contributed by atoms with Crippen LogP contribution in [0.25, 0.3) is 0 Å². The fourth-order valence-corrected chi connectivity index (χ4v) is 3.88. The van der Waals surface area contributed by atoms with Gasteiger partial charge in [0.1, 0.15) is 0 Å². The Kier molecular flexibility index (Phi) is 5.62. The summed E-state index contributed by atoms with van der Waals surface area (Å²) >= 11 is 0. The van der Waals surface area contributed by atoms with E-state index in [-0.39, 0.29) is 5.75 Å². The quantitative estimate of drug-likeness (QED) is 0.668.